The minimum Gasteiger partial charge on any atom is -0.229 e. The van der Waals surface area contributed by atoms with Gasteiger partial charge in [0.05, 0.1) is 21.6 Å². The van der Waals surface area contributed by atoms with Crippen molar-refractivity contribution in [1.82, 2.24) is 9.97 Å². The smallest absolute Gasteiger partial charge is 0.193 e. The van der Waals surface area contributed by atoms with E-state index in [1.807, 2.05) is 17.5 Å². The van der Waals surface area contributed by atoms with Crippen LogP contribution in [0.3, 0.4) is 0 Å². The predicted octanol–water partition coefficient (Wildman–Crippen LogP) is 3.34. The van der Waals surface area contributed by atoms with Crippen LogP contribution in [0.4, 0.5) is 0 Å². The fraction of sp³-hybridized carbons (Fsp3) is 0. The summed E-state index contributed by atoms with van der Waals surface area (Å²) in [7, 11) is 0. The number of hydrogen-bond acceptors (Lipinski definition) is 4. The summed E-state index contributed by atoms with van der Waals surface area (Å²) in [6, 6.07) is 4.04. The van der Waals surface area contributed by atoms with E-state index in [0.29, 0.717) is 5.02 Å². The van der Waals surface area contributed by atoms with E-state index in [9.17, 15) is 0 Å². The summed E-state index contributed by atoms with van der Waals surface area (Å²) in [6.45, 7) is 0. The molecule has 0 N–H and O–H groups in total. The minimum absolute atomic E-state index is 0.565. The third kappa shape index (κ3) is 2.43. The van der Waals surface area contributed by atoms with Gasteiger partial charge in [-0.15, -0.1) is 11.3 Å². The van der Waals surface area contributed by atoms with Gasteiger partial charge in [0.1, 0.15) is 0 Å². The average Bonchev–Trinajstić information content (AvgIpc) is 2.62. The number of hydrogen-bond donors (Lipinski definition) is 0. The van der Waals surface area contributed by atoms with Crippen LogP contribution in [-0.2, 0) is 0 Å². The molecule has 0 aliphatic carbocycles. The van der Waals surface area contributed by atoms with Gasteiger partial charge in [0.2, 0.25) is 0 Å². The van der Waals surface area contributed by atoms with Crippen molar-refractivity contribution >= 4 is 34.7 Å². The number of rotatable bonds is 2. The molecule has 5 heteroatoms. The standard InChI is InChI=1S/C8H5ClN2S2/c9-6-4-10-8(11-5-6)13-7-2-1-3-12-7/h1-5H. The van der Waals surface area contributed by atoms with Crippen LogP contribution >= 0.6 is 34.7 Å². The molecule has 0 spiro atoms. The highest BCUT2D eigenvalue weighted by Gasteiger charge is 2.00. The fourth-order valence-corrected chi connectivity index (χ4v) is 2.43. The Morgan fingerprint density at radius 2 is 2.08 bits per heavy atom. The molecule has 2 rings (SSSR count). The highest BCUT2D eigenvalue weighted by Crippen LogP contribution is 2.28. The van der Waals surface area contributed by atoms with Gasteiger partial charge in [-0.05, 0) is 23.2 Å². The first-order valence-electron chi connectivity index (χ1n) is 3.53. The van der Waals surface area contributed by atoms with E-state index >= 15 is 0 Å². The largest absolute Gasteiger partial charge is 0.229 e. The Hall–Kier alpha value is -0.580. The van der Waals surface area contributed by atoms with E-state index < -0.39 is 0 Å². The summed E-state index contributed by atoms with van der Waals surface area (Å²) in [5, 5.41) is 3.32. The van der Waals surface area contributed by atoms with E-state index in [-0.39, 0.29) is 0 Å². The van der Waals surface area contributed by atoms with E-state index in [1.165, 1.54) is 4.21 Å². The first kappa shape index (κ1) is 8.99. The molecule has 2 aromatic rings. The van der Waals surface area contributed by atoms with Crippen LogP contribution in [0.2, 0.25) is 5.02 Å². The monoisotopic (exact) mass is 228 g/mol. The van der Waals surface area contributed by atoms with Crippen molar-refractivity contribution < 1.29 is 0 Å². The van der Waals surface area contributed by atoms with Gasteiger partial charge in [0, 0.05) is 0 Å². The van der Waals surface area contributed by atoms with Gasteiger partial charge in [-0.25, -0.2) is 9.97 Å². The first-order chi connectivity index (χ1) is 6.34. The zero-order valence-corrected chi connectivity index (χ0v) is 8.86. The van der Waals surface area contributed by atoms with E-state index in [1.54, 1.807) is 35.5 Å². The highest BCUT2D eigenvalue weighted by atomic mass is 35.5. The Bertz CT molecular complexity index is 372. The molecule has 2 nitrogen and oxygen atoms in total. The summed E-state index contributed by atoms with van der Waals surface area (Å²) in [5.41, 5.74) is 0. The fourth-order valence-electron chi connectivity index (χ4n) is 0.765. The second kappa shape index (κ2) is 4.09. The molecule has 0 amide bonds. The van der Waals surface area contributed by atoms with E-state index in [4.69, 9.17) is 11.6 Å². The Morgan fingerprint density at radius 3 is 2.69 bits per heavy atom. The van der Waals surface area contributed by atoms with Crippen molar-refractivity contribution in [2.75, 3.05) is 0 Å². The normalized spacial score (nSPS) is 10.2. The van der Waals surface area contributed by atoms with Crippen molar-refractivity contribution in [2.24, 2.45) is 0 Å². The van der Waals surface area contributed by atoms with E-state index in [2.05, 4.69) is 9.97 Å². The lowest BCUT2D eigenvalue weighted by atomic mass is 10.7. The molecule has 0 saturated carbocycles. The molecule has 2 aromatic heterocycles. The Labute approximate surface area is 89.0 Å². The maximum absolute atomic E-state index is 5.66. The molecule has 0 aliphatic rings. The van der Waals surface area contributed by atoms with Gasteiger partial charge in [-0.3, -0.25) is 0 Å². The molecule has 0 unspecified atom stereocenters. The van der Waals surface area contributed by atoms with Gasteiger partial charge in [0.15, 0.2) is 5.16 Å². The maximum atomic E-state index is 5.66. The predicted molar refractivity (Wildman–Crippen MR) is 55.5 cm³/mol. The van der Waals surface area contributed by atoms with Crippen LogP contribution in [0.1, 0.15) is 0 Å². The number of nitrogens with zero attached hydrogens (tertiary/aromatic N) is 2. The molecule has 0 fully saturated rings. The molecule has 0 bridgehead atoms. The minimum atomic E-state index is 0.565. The van der Waals surface area contributed by atoms with Crippen LogP contribution in [0.5, 0.6) is 0 Å². The van der Waals surface area contributed by atoms with Gasteiger partial charge in [-0.2, -0.15) is 0 Å². The van der Waals surface area contributed by atoms with Crippen LogP contribution in [0.15, 0.2) is 39.3 Å². The SMILES string of the molecule is Clc1cnc(Sc2cccs2)nc1. The first-order valence-corrected chi connectivity index (χ1v) is 5.61. The van der Waals surface area contributed by atoms with E-state index in [0.717, 1.165) is 5.16 Å². The average molecular weight is 229 g/mol. The third-order valence-corrected chi connectivity index (χ3v) is 3.41. The number of halogens is 1. The highest BCUT2D eigenvalue weighted by molar-refractivity contribution is 8.01. The van der Waals surface area contributed by atoms with Crippen LogP contribution in [0.25, 0.3) is 0 Å². The van der Waals surface area contributed by atoms with Crippen LogP contribution < -0.4 is 0 Å². The Morgan fingerprint density at radius 1 is 1.31 bits per heavy atom. The maximum Gasteiger partial charge on any atom is 0.193 e. The Balaban J connectivity index is 2.15. The summed E-state index contributed by atoms with van der Waals surface area (Å²) >= 11 is 8.87. The van der Waals surface area contributed by atoms with Crippen LogP contribution in [-0.4, -0.2) is 9.97 Å². The lowest BCUT2D eigenvalue weighted by Gasteiger charge is -1.94. The van der Waals surface area contributed by atoms with Crippen molar-refractivity contribution in [2.45, 2.75) is 9.37 Å². The summed E-state index contributed by atoms with van der Waals surface area (Å²) in [6.07, 6.45) is 3.20. The number of thiophene rings is 1. The zero-order chi connectivity index (χ0) is 9.10. The lowest BCUT2D eigenvalue weighted by Crippen LogP contribution is -1.82. The summed E-state index contributed by atoms with van der Waals surface area (Å²) < 4.78 is 1.18. The van der Waals surface area contributed by atoms with Gasteiger partial charge in [-0.1, -0.05) is 17.7 Å². The molecule has 0 aliphatic heterocycles. The molecular weight excluding hydrogens is 224 g/mol. The molecule has 0 atom stereocenters. The second-order valence-electron chi connectivity index (χ2n) is 2.22. The summed E-state index contributed by atoms with van der Waals surface area (Å²) in [5.74, 6) is 0. The van der Waals surface area contributed by atoms with Gasteiger partial charge >= 0.3 is 0 Å². The topological polar surface area (TPSA) is 25.8 Å². The lowest BCUT2D eigenvalue weighted by molar-refractivity contribution is 0.969. The molecule has 2 heterocycles. The molecule has 0 aromatic carbocycles. The van der Waals surface area contributed by atoms with Crippen LogP contribution in [0, 0.1) is 0 Å². The van der Waals surface area contributed by atoms with Gasteiger partial charge in [0.25, 0.3) is 0 Å². The molecule has 0 radical (unpaired) electrons. The van der Waals surface area contributed by atoms with Crippen molar-refractivity contribution in [3.8, 4) is 0 Å². The van der Waals surface area contributed by atoms with Crippen molar-refractivity contribution in [1.29, 1.82) is 0 Å². The van der Waals surface area contributed by atoms with Crippen molar-refractivity contribution in [3.05, 3.63) is 34.9 Å². The zero-order valence-electron chi connectivity index (χ0n) is 6.48. The molecule has 0 saturated heterocycles. The third-order valence-electron chi connectivity index (χ3n) is 1.28. The molecule has 66 valence electrons. The van der Waals surface area contributed by atoms with Gasteiger partial charge < -0.3 is 0 Å². The number of aromatic nitrogens is 2. The quantitative estimate of drug-likeness (QED) is 0.738. The second-order valence-corrected chi connectivity index (χ2v) is 4.87. The molecular formula is C8H5ClN2S2. The molecule has 13 heavy (non-hydrogen) atoms. The Kier molecular flexibility index (Phi) is 2.83. The van der Waals surface area contributed by atoms with Crippen molar-refractivity contribution in [3.63, 3.8) is 0 Å². The summed E-state index contributed by atoms with van der Waals surface area (Å²) in [4.78, 5) is 8.16.